The molecule has 25 heavy (non-hydrogen) atoms. The molecule has 3 rings (SSSR count). The second-order valence-corrected chi connectivity index (χ2v) is 8.33. The SMILES string of the molecule is CC[C@H]1C[C@H](c2ccccc2)N=C(C)N1S(=O)(=O)c1ccc(C)cc1. The van der Waals surface area contributed by atoms with Crippen LogP contribution in [0.1, 0.15) is 43.9 Å². The molecule has 0 aliphatic carbocycles. The average molecular weight is 356 g/mol. The summed E-state index contributed by atoms with van der Waals surface area (Å²) >= 11 is 0. The molecule has 0 fully saturated rings. The van der Waals surface area contributed by atoms with Gasteiger partial charge in [0.1, 0.15) is 5.84 Å². The number of aryl methyl sites for hydroxylation is 1. The van der Waals surface area contributed by atoms with Crippen molar-refractivity contribution in [2.45, 2.75) is 50.6 Å². The third-order valence-corrected chi connectivity index (χ3v) is 6.67. The topological polar surface area (TPSA) is 49.7 Å². The normalized spacial score (nSPS) is 21.1. The monoisotopic (exact) mass is 356 g/mol. The molecule has 2 atom stereocenters. The lowest BCUT2D eigenvalue weighted by Gasteiger charge is -2.37. The fourth-order valence-corrected chi connectivity index (χ4v) is 5.09. The Morgan fingerprint density at radius 1 is 1.04 bits per heavy atom. The first kappa shape index (κ1) is 17.7. The van der Waals surface area contributed by atoms with E-state index in [1.165, 1.54) is 4.31 Å². The summed E-state index contributed by atoms with van der Waals surface area (Å²) in [6.45, 7) is 5.77. The smallest absolute Gasteiger partial charge is 0.264 e. The van der Waals surface area contributed by atoms with Crippen LogP contribution in [0.2, 0.25) is 0 Å². The molecule has 2 aromatic carbocycles. The number of benzene rings is 2. The summed E-state index contributed by atoms with van der Waals surface area (Å²) in [4.78, 5) is 5.03. The Kier molecular flexibility index (Phi) is 4.95. The van der Waals surface area contributed by atoms with Gasteiger partial charge in [-0.05, 0) is 44.4 Å². The highest BCUT2D eigenvalue weighted by Crippen LogP contribution is 2.34. The summed E-state index contributed by atoms with van der Waals surface area (Å²) < 4.78 is 27.8. The van der Waals surface area contributed by atoms with Crippen LogP contribution in [0.4, 0.5) is 0 Å². The van der Waals surface area contributed by atoms with Crippen molar-refractivity contribution in [3.63, 3.8) is 0 Å². The van der Waals surface area contributed by atoms with Gasteiger partial charge in [0, 0.05) is 6.04 Å². The molecule has 4 nitrogen and oxygen atoms in total. The number of sulfonamides is 1. The summed E-state index contributed by atoms with van der Waals surface area (Å²) in [5.41, 5.74) is 2.17. The third kappa shape index (κ3) is 3.47. The van der Waals surface area contributed by atoms with E-state index < -0.39 is 10.0 Å². The Bertz CT molecular complexity index is 858. The first-order chi connectivity index (χ1) is 11.9. The van der Waals surface area contributed by atoms with Gasteiger partial charge in [-0.15, -0.1) is 0 Å². The van der Waals surface area contributed by atoms with Gasteiger partial charge in [-0.25, -0.2) is 8.42 Å². The Hall–Kier alpha value is -2.14. The zero-order valence-corrected chi connectivity index (χ0v) is 15.7. The van der Waals surface area contributed by atoms with Crippen molar-refractivity contribution in [2.75, 3.05) is 0 Å². The average Bonchev–Trinajstić information content (AvgIpc) is 2.61. The number of hydrogen-bond donors (Lipinski definition) is 0. The molecule has 0 unspecified atom stereocenters. The molecule has 0 radical (unpaired) electrons. The summed E-state index contributed by atoms with van der Waals surface area (Å²) in [5, 5.41) is 0. The van der Waals surface area contributed by atoms with E-state index in [1.807, 2.05) is 44.2 Å². The number of rotatable bonds is 4. The van der Waals surface area contributed by atoms with Crippen LogP contribution in [0.5, 0.6) is 0 Å². The Labute approximate surface area is 150 Å². The van der Waals surface area contributed by atoms with E-state index in [9.17, 15) is 8.42 Å². The molecule has 132 valence electrons. The van der Waals surface area contributed by atoms with Crippen LogP contribution in [0.25, 0.3) is 0 Å². The zero-order valence-electron chi connectivity index (χ0n) is 14.9. The van der Waals surface area contributed by atoms with E-state index in [1.54, 1.807) is 19.1 Å². The van der Waals surface area contributed by atoms with Gasteiger partial charge in [0.05, 0.1) is 10.9 Å². The molecule has 1 aliphatic heterocycles. The van der Waals surface area contributed by atoms with Gasteiger partial charge in [-0.1, -0.05) is 55.0 Å². The highest BCUT2D eigenvalue weighted by atomic mass is 32.2. The minimum atomic E-state index is -3.59. The molecule has 0 aromatic heterocycles. The Balaban J connectivity index is 1.99. The third-order valence-electron chi connectivity index (χ3n) is 4.72. The van der Waals surface area contributed by atoms with Crippen LogP contribution in [0.15, 0.2) is 64.5 Å². The van der Waals surface area contributed by atoms with E-state index in [4.69, 9.17) is 4.99 Å². The van der Waals surface area contributed by atoms with Crippen LogP contribution in [-0.2, 0) is 10.0 Å². The van der Waals surface area contributed by atoms with Crippen molar-refractivity contribution in [2.24, 2.45) is 4.99 Å². The largest absolute Gasteiger partial charge is 0.265 e. The molecule has 1 aliphatic rings. The van der Waals surface area contributed by atoms with Crippen molar-refractivity contribution >= 4 is 15.9 Å². The molecular weight excluding hydrogens is 332 g/mol. The lowest BCUT2D eigenvalue weighted by Crippen LogP contribution is -2.46. The molecule has 2 aromatic rings. The maximum atomic E-state index is 13.2. The van der Waals surface area contributed by atoms with Crippen LogP contribution in [0, 0.1) is 6.92 Å². The minimum absolute atomic E-state index is 0.00983. The molecule has 0 spiro atoms. The van der Waals surface area contributed by atoms with Crippen molar-refractivity contribution in [3.8, 4) is 0 Å². The van der Waals surface area contributed by atoms with Gasteiger partial charge in [0.25, 0.3) is 10.0 Å². The first-order valence-electron chi connectivity index (χ1n) is 8.64. The van der Waals surface area contributed by atoms with Crippen molar-refractivity contribution in [1.82, 2.24) is 4.31 Å². The lowest BCUT2D eigenvalue weighted by atomic mass is 9.97. The van der Waals surface area contributed by atoms with Gasteiger partial charge >= 0.3 is 0 Å². The number of nitrogens with zero attached hydrogens (tertiary/aromatic N) is 2. The Morgan fingerprint density at radius 3 is 2.28 bits per heavy atom. The van der Waals surface area contributed by atoms with E-state index in [0.717, 1.165) is 17.5 Å². The maximum absolute atomic E-state index is 13.2. The predicted molar refractivity (Wildman–Crippen MR) is 101 cm³/mol. The van der Waals surface area contributed by atoms with E-state index >= 15 is 0 Å². The first-order valence-corrected chi connectivity index (χ1v) is 10.1. The van der Waals surface area contributed by atoms with Crippen LogP contribution >= 0.6 is 0 Å². The van der Waals surface area contributed by atoms with Crippen molar-refractivity contribution < 1.29 is 8.42 Å². The number of amidine groups is 1. The van der Waals surface area contributed by atoms with Gasteiger partial charge in [-0.2, -0.15) is 0 Å². The predicted octanol–water partition coefficient (Wildman–Crippen LogP) is 4.33. The fraction of sp³-hybridized carbons (Fsp3) is 0.350. The van der Waals surface area contributed by atoms with Crippen molar-refractivity contribution in [1.29, 1.82) is 0 Å². The summed E-state index contributed by atoms with van der Waals surface area (Å²) in [7, 11) is -3.59. The molecule has 1 heterocycles. The second-order valence-electron chi connectivity index (χ2n) is 6.51. The summed E-state index contributed by atoms with van der Waals surface area (Å²) in [6, 6.07) is 17.0. The molecule has 0 bridgehead atoms. The number of aliphatic imine (C=N–C) groups is 1. The molecule has 0 saturated carbocycles. The summed E-state index contributed by atoms with van der Waals surface area (Å²) in [6.07, 6.45) is 1.45. The van der Waals surface area contributed by atoms with Gasteiger partial charge < -0.3 is 0 Å². The fourth-order valence-electron chi connectivity index (χ4n) is 3.37. The van der Waals surface area contributed by atoms with Crippen molar-refractivity contribution in [3.05, 3.63) is 65.7 Å². The van der Waals surface area contributed by atoms with Gasteiger partial charge in [0.2, 0.25) is 0 Å². The van der Waals surface area contributed by atoms with Gasteiger partial charge in [0.15, 0.2) is 0 Å². The number of hydrogen-bond acceptors (Lipinski definition) is 3. The molecule has 0 amide bonds. The molecule has 0 N–H and O–H groups in total. The second kappa shape index (κ2) is 7.00. The maximum Gasteiger partial charge on any atom is 0.265 e. The van der Waals surface area contributed by atoms with E-state index in [-0.39, 0.29) is 12.1 Å². The highest BCUT2D eigenvalue weighted by molar-refractivity contribution is 7.89. The molecular formula is C20H24N2O2S. The molecule has 5 heteroatoms. The van der Waals surface area contributed by atoms with E-state index in [0.29, 0.717) is 17.2 Å². The van der Waals surface area contributed by atoms with Crippen LogP contribution < -0.4 is 0 Å². The quantitative estimate of drug-likeness (QED) is 0.819. The van der Waals surface area contributed by atoms with E-state index in [2.05, 4.69) is 12.1 Å². The van der Waals surface area contributed by atoms with Gasteiger partial charge in [-0.3, -0.25) is 9.30 Å². The standard InChI is InChI=1S/C20H24N2O2S/c1-4-18-14-20(17-8-6-5-7-9-17)21-16(3)22(18)25(23,24)19-12-10-15(2)11-13-19/h5-13,18,20H,4,14H2,1-3H3/t18-,20+/m0/s1. The van der Waals surface area contributed by atoms with Crippen LogP contribution in [0.3, 0.4) is 0 Å². The van der Waals surface area contributed by atoms with Crippen LogP contribution in [-0.4, -0.2) is 24.6 Å². The summed E-state index contributed by atoms with van der Waals surface area (Å²) in [5.74, 6) is 0.563. The minimum Gasteiger partial charge on any atom is -0.264 e. The zero-order chi connectivity index (χ0) is 18.0. The Morgan fingerprint density at radius 2 is 1.68 bits per heavy atom. The highest BCUT2D eigenvalue weighted by Gasteiger charge is 2.36. The molecule has 0 saturated heterocycles. The lowest BCUT2D eigenvalue weighted by molar-refractivity contribution is 0.345.